The van der Waals surface area contributed by atoms with E-state index in [1.54, 1.807) is 0 Å². The molecule has 1 aliphatic heterocycles. The molecular weight excluding hydrogens is 225 g/mol. The van der Waals surface area contributed by atoms with Gasteiger partial charge in [0.05, 0.1) is 0 Å². The standard InChI is InChI=1S/C7H16N2.C2HF3O2/c1-7(2)4-3-5-9(8)6-7;3-2(4,5)1(6)7/h3-6,8H2,1-2H3;(H,6,7). The van der Waals surface area contributed by atoms with Crippen molar-refractivity contribution in [1.82, 2.24) is 5.01 Å². The van der Waals surface area contributed by atoms with E-state index in [4.69, 9.17) is 15.7 Å². The van der Waals surface area contributed by atoms with Crippen molar-refractivity contribution in [2.75, 3.05) is 13.1 Å². The van der Waals surface area contributed by atoms with E-state index < -0.39 is 12.1 Å². The van der Waals surface area contributed by atoms with Crippen molar-refractivity contribution < 1.29 is 23.1 Å². The second-order valence-electron chi connectivity index (χ2n) is 4.54. The largest absolute Gasteiger partial charge is 0.490 e. The van der Waals surface area contributed by atoms with Crippen molar-refractivity contribution in [2.45, 2.75) is 32.9 Å². The molecule has 0 atom stereocenters. The van der Waals surface area contributed by atoms with Crippen LogP contribution in [0.3, 0.4) is 0 Å². The third kappa shape index (κ3) is 6.62. The van der Waals surface area contributed by atoms with Crippen molar-refractivity contribution in [2.24, 2.45) is 11.3 Å². The number of hydrazine groups is 1. The van der Waals surface area contributed by atoms with Crippen molar-refractivity contribution in [3.63, 3.8) is 0 Å². The Morgan fingerprint density at radius 1 is 1.44 bits per heavy atom. The Morgan fingerprint density at radius 2 is 1.88 bits per heavy atom. The van der Waals surface area contributed by atoms with Gasteiger partial charge in [-0.15, -0.1) is 0 Å². The summed E-state index contributed by atoms with van der Waals surface area (Å²) in [6.07, 6.45) is -2.51. The summed E-state index contributed by atoms with van der Waals surface area (Å²) >= 11 is 0. The van der Waals surface area contributed by atoms with Gasteiger partial charge in [-0.25, -0.2) is 9.80 Å². The van der Waals surface area contributed by atoms with Gasteiger partial charge in [0.15, 0.2) is 0 Å². The van der Waals surface area contributed by atoms with Crippen LogP contribution in [0.15, 0.2) is 0 Å². The molecule has 0 saturated carbocycles. The van der Waals surface area contributed by atoms with Crippen molar-refractivity contribution in [3.8, 4) is 0 Å². The average molecular weight is 242 g/mol. The number of hydrogen-bond acceptors (Lipinski definition) is 3. The summed E-state index contributed by atoms with van der Waals surface area (Å²) in [7, 11) is 0. The van der Waals surface area contributed by atoms with Gasteiger partial charge in [0, 0.05) is 13.1 Å². The fourth-order valence-corrected chi connectivity index (χ4v) is 1.47. The minimum Gasteiger partial charge on any atom is -0.475 e. The number of carboxylic acid groups (broad SMARTS) is 1. The van der Waals surface area contributed by atoms with Gasteiger partial charge in [-0.1, -0.05) is 13.8 Å². The van der Waals surface area contributed by atoms with Crippen LogP contribution < -0.4 is 5.84 Å². The summed E-state index contributed by atoms with van der Waals surface area (Å²) in [6, 6.07) is 0. The molecule has 16 heavy (non-hydrogen) atoms. The monoisotopic (exact) mass is 242 g/mol. The number of piperidine rings is 1. The first-order valence-corrected chi connectivity index (χ1v) is 4.84. The van der Waals surface area contributed by atoms with Gasteiger partial charge < -0.3 is 5.11 Å². The predicted octanol–water partition coefficient (Wildman–Crippen LogP) is 1.62. The van der Waals surface area contributed by atoms with E-state index in [0.717, 1.165) is 13.1 Å². The molecule has 0 aromatic heterocycles. The van der Waals surface area contributed by atoms with E-state index >= 15 is 0 Å². The number of rotatable bonds is 0. The maximum absolute atomic E-state index is 10.6. The molecule has 1 saturated heterocycles. The third-order valence-corrected chi connectivity index (χ3v) is 2.17. The van der Waals surface area contributed by atoms with Crippen molar-refractivity contribution in [3.05, 3.63) is 0 Å². The number of carboxylic acids is 1. The van der Waals surface area contributed by atoms with Crippen molar-refractivity contribution in [1.29, 1.82) is 0 Å². The molecule has 1 aliphatic rings. The third-order valence-electron chi connectivity index (χ3n) is 2.17. The number of hydrogen-bond donors (Lipinski definition) is 2. The van der Waals surface area contributed by atoms with Gasteiger partial charge in [-0.3, -0.25) is 5.84 Å². The Labute approximate surface area is 92.2 Å². The molecule has 0 spiro atoms. The number of halogens is 3. The normalized spacial score (nSPS) is 20.9. The lowest BCUT2D eigenvalue weighted by Gasteiger charge is -2.35. The first-order chi connectivity index (χ1) is 7.04. The summed E-state index contributed by atoms with van der Waals surface area (Å²) in [5, 5.41) is 9.05. The summed E-state index contributed by atoms with van der Waals surface area (Å²) < 4.78 is 31.7. The zero-order chi connectivity index (χ0) is 13.0. The summed E-state index contributed by atoms with van der Waals surface area (Å²) in [5.74, 6) is 2.89. The second kappa shape index (κ2) is 5.49. The quantitative estimate of drug-likeness (QED) is 0.633. The molecule has 0 amide bonds. The summed E-state index contributed by atoms with van der Waals surface area (Å²) in [6.45, 7) is 6.66. The van der Waals surface area contributed by atoms with Crippen molar-refractivity contribution >= 4 is 5.97 Å². The molecule has 0 aliphatic carbocycles. The first kappa shape index (κ1) is 15.2. The highest BCUT2D eigenvalue weighted by molar-refractivity contribution is 5.73. The van der Waals surface area contributed by atoms with E-state index in [-0.39, 0.29) is 0 Å². The van der Waals surface area contributed by atoms with Crippen LogP contribution in [-0.4, -0.2) is 35.4 Å². The van der Waals surface area contributed by atoms with Crippen LogP contribution in [0.4, 0.5) is 13.2 Å². The van der Waals surface area contributed by atoms with Gasteiger partial charge in [0.25, 0.3) is 0 Å². The fraction of sp³-hybridized carbons (Fsp3) is 0.889. The molecule has 3 N–H and O–H groups in total. The van der Waals surface area contributed by atoms with Crippen LogP contribution in [-0.2, 0) is 4.79 Å². The van der Waals surface area contributed by atoms with Gasteiger partial charge in [0.2, 0.25) is 0 Å². The van der Waals surface area contributed by atoms with Crippen LogP contribution in [0.25, 0.3) is 0 Å². The van der Waals surface area contributed by atoms with Crippen LogP contribution in [0.2, 0.25) is 0 Å². The molecular formula is C9H17F3N2O2. The number of alkyl halides is 3. The Morgan fingerprint density at radius 3 is 2.06 bits per heavy atom. The molecule has 1 fully saturated rings. The molecule has 0 aromatic carbocycles. The Hall–Kier alpha value is -0.820. The predicted molar refractivity (Wildman–Crippen MR) is 52.5 cm³/mol. The topological polar surface area (TPSA) is 66.6 Å². The highest BCUT2D eigenvalue weighted by Crippen LogP contribution is 2.26. The molecule has 1 rings (SSSR count). The molecule has 4 nitrogen and oxygen atoms in total. The van der Waals surface area contributed by atoms with Gasteiger partial charge in [-0.2, -0.15) is 13.2 Å². The minimum atomic E-state index is -5.08. The highest BCUT2D eigenvalue weighted by atomic mass is 19.4. The van der Waals surface area contributed by atoms with E-state index in [2.05, 4.69) is 13.8 Å². The van der Waals surface area contributed by atoms with Crippen LogP contribution >= 0.6 is 0 Å². The Bertz CT molecular complexity index is 241. The average Bonchev–Trinajstić information content (AvgIpc) is 2.00. The van der Waals surface area contributed by atoms with E-state index in [1.807, 2.05) is 5.01 Å². The van der Waals surface area contributed by atoms with Crippen LogP contribution in [0.1, 0.15) is 26.7 Å². The number of nitrogens with zero attached hydrogens (tertiary/aromatic N) is 1. The molecule has 96 valence electrons. The number of aliphatic carboxylic acids is 1. The van der Waals surface area contributed by atoms with Gasteiger partial charge >= 0.3 is 12.1 Å². The van der Waals surface area contributed by atoms with E-state index in [9.17, 15) is 13.2 Å². The lowest BCUT2D eigenvalue weighted by Crippen LogP contribution is -2.44. The summed E-state index contributed by atoms with van der Waals surface area (Å²) in [4.78, 5) is 8.90. The number of nitrogens with two attached hydrogens (primary N) is 1. The maximum atomic E-state index is 10.6. The fourth-order valence-electron chi connectivity index (χ4n) is 1.47. The summed E-state index contributed by atoms with van der Waals surface area (Å²) in [5.41, 5.74) is 0.451. The smallest absolute Gasteiger partial charge is 0.475 e. The molecule has 0 unspecified atom stereocenters. The molecule has 7 heteroatoms. The molecule has 1 heterocycles. The molecule has 0 aromatic rings. The SMILES string of the molecule is CC1(C)CCCN(N)C1.O=C(O)C(F)(F)F. The lowest BCUT2D eigenvalue weighted by atomic mass is 9.85. The Kier molecular flexibility index (Phi) is 5.21. The van der Waals surface area contributed by atoms with Crippen LogP contribution in [0, 0.1) is 5.41 Å². The van der Waals surface area contributed by atoms with Crippen LogP contribution in [0.5, 0.6) is 0 Å². The minimum absolute atomic E-state index is 0.451. The zero-order valence-electron chi connectivity index (χ0n) is 9.34. The number of carbonyl (C=O) groups is 1. The van der Waals surface area contributed by atoms with E-state index in [1.165, 1.54) is 12.8 Å². The van der Waals surface area contributed by atoms with Gasteiger partial charge in [0.1, 0.15) is 0 Å². The highest BCUT2D eigenvalue weighted by Gasteiger charge is 2.38. The lowest BCUT2D eigenvalue weighted by molar-refractivity contribution is -0.192. The second-order valence-corrected chi connectivity index (χ2v) is 4.54. The maximum Gasteiger partial charge on any atom is 0.490 e. The Balaban J connectivity index is 0.000000293. The molecule has 0 bridgehead atoms. The van der Waals surface area contributed by atoms with E-state index in [0.29, 0.717) is 5.41 Å². The van der Waals surface area contributed by atoms with Gasteiger partial charge in [-0.05, 0) is 18.3 Å². The first-order valence-electron chi connectivity index (χ1n) is 4.84. The zero-order valence-corrected chi connectivity index (χ0v) is 9.34. The molecule has 0 radical (unpaired) electrons.